The number of hydrogen-bond acceptors (Lipinski definition) is 5. The highest BCUT2D eigenvalue weighted by atomic mass is 14.9. The molecule has 0 aliphatic carbocycles. The summed E-state index contributed by atoms with van der Waals surface area (Å²) >= 11 is 0. The maximum absolute atomic E-state index is 8.93. The van der Waals surface area contributed by atoms with E-state index in [-0.39, 0.29) is 0 Å². The average Bonchev–Trinajstić information content (AvgIpc) is 2.41. The number of nitriles is 2. The highest BCUT2D eigenvalue weighted by molar-refractivity contribution is 5.72. The van der Waals surface area contributed by atoms with Crippen molar-refractivity contribution in [3.05, 3.63) is 47.8 Å². The van der Waals surface area contributed by atoms with Crippen molar-refractivity contribution in [1.82, 2.24) is 4.98 Å². The van der Waals surface area contributed by atoms with Crippen LogP contribution in [0.5, 0.6) is 0 Å². The second kappa shape index (κ2) is 4.86. The molecule has 5 heteroatoms. The Morgan fingerprint density at radius 2 is 1.89 bits per heavy atom. The molecule has 0 atom stereocenters. The normalized spacial score (nSPS) is 9.22. The van der Waals surface area contributed by atoms with E-state index in [0.29, 0.717) is 28.2 Å². The van der Waals surface area contributed by atoms with Gasteiger partial charge in [-0.1, -0.05) is 0 Å². The summed E-state index contributed by atoms with van der Waals surface area (Å²) in [6.45, 7) is 0. The molecule has 1 heterocycles. The van der Waals surface area contributed by atoms with E-state index in [1.54, 1.807) is 30.5 Å². The molecule has 0 spiro atoms. The average molecular weight is 235 g/mol. The third kappa shape index (κ3) is 2.21. The fraction of sp³-hybridized carbons (Fsp3) is 0. The SMILES string of the molecule is N#Cc1ccc(Nc2ccncc2N)cc1C#N. The Morgan fingerprint density at radius 1 is 1.11 bits per heavy atom. The molecule has 3 N–H and O–H groups in total. The van der Waals surface area contributed by atoms with Crippen LogP contribution in [0.1, 0.15) is 11.1 Å². The topological polar surface area (TPSA) is 98.5 Å². The molecule has 0 saturated carbocycles. The summed E-state index contributed by atoms with van der Waals surface area (Å²) in [4.78, 5) is 3.89. The molecule has 0 saturated heterocycles. The lowest BCUT2D eigenvalue weighted by atomic mass is 10.1. The fourth-order valence-corrected chi connectivity index (χ4v) is 1.49. The molecular weight excluding hydrogens is 226 g/mol. The van der Waals surface area contributed by atoms with Crippen LogP contribution >= 0.6 is 0 Å². The molecule has 86 valence electrons. The lowest BCUT2D eigenvalue weighted by Crippen LogP contribution is -1.97. The van der Waals surface area contributed by atoms with E-state index in [9.17, 15) is 0 Å². The molecule has 0 unspecified atom stereocenters. The Balaban J connectivity index is 2.35. The van der Waals surface area contributed by atoms with Gasteiger partial charge in [0.05, 0.1) is 28.7 Å². The van der Waals surface area contributed by atoms with Crippen LogP contribution in [0.15, 0.2) is 36.7 Å². The summed E-state index contributed by atoms with van der Waals surface area (Å²) in [6, 6.07) is 10.6. The van der Waals surface area contributed by atoms with Crippen molar-refractivity contribution in [2.75, 3.05) is 11.1 Å². The van der Waals surface area contributed by atoms with Gasteiger partial charge in [0.15, 0.2) is 0 Å². The summed E-state index contributed by atoms with van der Waals surface area (Å²) in [7, 11) is 0. The van der Waals surface area contributed by atoms with Gasteiger partial charge in [0.1, 0.15) is 12.1 Å². The molecule has 0 radical (unpaired) electrons. The zero-order chi connectivity index (χ0) is 13.0. The standard InChI is InChI=1S/C13H9N5/c14-6-9-1-2-11(5-10(9)7-15)18-13-3-4-17-8-12(13)16/h1-5,8H,16H2,(H,17,18). The molecule has 18 heavy (non-hydrogen) atoms. The van der Waals surface area contributed by atoms with Gasteiger partial charge in [-0.3, -0.25) is 4.98 Å². The predicted octanol–water partition coefficient (Wildman–Crippen LogP) is 2.15. The number of nitrogens with one attached hydrogen (secondary N) is 1. The Morgan fingerprint density at radius 3 is 2.56 bits per heavy atom. The number of nitrogens with zero attached hydrogens (tertiary/aromatic N) is 3. The monoisotopic (exact) mass is 235 g/mol. The van der Waals surface area contributed by atoms with Gasteiger partial charge in [0.25, 0.3) is 0 Å². The lowest BCUT2D eigenvalue weighted by molar-refractivity contribution is 1.33. The van der Waals surface area contributed by atoms with Crippen LogP contribution < -0.4 is 11.1 Å². The molecule has 0 fully saturated rings. The number of nitrogen functional groups attached to an aromatic ring is 1. The first-order valence-electron chi connectivity index (χ1n) is 5.15. The van der Waals surface area contributed by atoms with E-state index >= 15 is 0 Å². The molecule has 0 bridgehead atoms. The highest BCUT2D eigenvalue weighted by Crippen LogP contribution is 2.23. The van der Waals surface area contributed by atoms with Gasteiger partial charge >= 0.3 is 0 Å². The summed E-state index contributed by atoms with van der Waals surface area (Å²) in [5.74, 6) is 0. The fourth-order valence-electron chi connectivity index (χ4n) is 1.49. The number of anilines is 3. The van der Waals surface area contributed by atoms with Gasteiger partial charge < -0.3 is 11.1 Å². The van der Waals surface area contributed by atoms with Crippen molar-refractivity contribution >= 4 is 17.1 Å². The van der Waals surface area contributed by atoms with Crippen LogP contribution in [0.3, 0.4) is 0 Å². The number of benzene rings is 1. The van der Waals surface area contributed by atoms with Gasteiger partial charge in [0, 0.05) is 11.9 Å². The van der Waals surface area contributed by atoms with Crippen molar-refractivity contribution in [3.63, 3.8) is 0 Å². The number of pyridine rings is 1. The number of nitrogens with two attached hydrogens (primary N) is 1. The van der Waals surface area contributed by atoms with Crippen molar-refractivity contribution in [3.8, 4) is 12.1 Å². The zero-order valence-corrected chi connectivity index (χ0v) is 9.38. The maximum Gasteiger partial charge on any atom is 0.101 e. The zero-order valence-electron chi connectivity index (χ0n) is 9.38. The lowest BCUT2D eigenvalue weighted by Gasteiger charge is -2.09. The molecule has 2 aromatic rings. The van der Waals surface area contributed by atoms with E-state index in [1.807, 2.05) is 12.1 Å². The van der Waals surface area contributed by atoms with Gasteiger partial charge in [-0.15, -0.1) is 0 Å². The van der Waals surface area contributed by atoms with Crippen LogP contribution in [-0.4, -0.2) is 4.98 Å². The quantitative estimate of drug-likeness (QED) is 0.830. The minimum absolute atomic E-state index is 0.329. The van der Waals surface area contributed by atoms with Gasteiger partial charge in [-0.2, -0.15) is 10.5 Å². The predicted molar refractivity (Wildman–Crippen MR) is 67.8 cm³/mol. The van der Waals surface area contributed by atoms with Crippen LogP contribution in [0.25, 0.3) is 0 Å². The van der Waals surface area contributed by atoms with Gasteiger partial charge in [0.2, 0.25) is 0 Å². The summed E-state index contributed by atoms with van der Waals surface area (Å²) in [6.07, 6.45) is 3.16. The number of hydrogen-bond donors (Lipinski definition) is 2. The van der Waals surface area contributed by atoms with Crippen LogP contribution in [0.4, 0.5) is 17.1 Å². The van der Waals surface area contributed by atoms with Gasteiger partial charge in [-0.05, 0) is 24.3 Å². The molecule has 0 aliphatic rings. The summed E-state index contributed by atoms with van der Waals surface area (Å²) < 4.78 is 0. The van der Waals surface area contributed by atoms with E-state index in [4.69, 9.17) is 16.3 Å². The summed E-state index contributed by atoms with van der Waals surface area (Å²) in [5, 5.41) is 20.8. The minimum Gasteiger partial charge on any atom is -0.396 e. The molecule has 1 aromatic heterocycles. The molecular formula is C13H9N5. The van der Waals surface area contributed by atoms with Crippen molar-refractivity contribution in [1.29, 1.82) is 10.5 Å². The molecule has 2 rings (SSSR count). The second-order valence-electron chi connectivity index (χ2n) is 3.57. The third-order valence-corrected chi connectivity index (χ3v) is 2.39. The number of rotatable bonds is 2. The van der Waals surface area contributed by atoms with E-state index in [2.05, 4.69) is 10.3 Å². The van der Waals surface area contributed by atoms with Crippen LogP contribution in [-0.2, 0) is 0 Å². The Bertz CT molecular complexity index is 664. The van der Waals surface area contributed by atoms with Crippen molar-refractivity contribution in [2.45, 2.75) is 0 Å². The Kier molecular flexibility index (Phi) is 3.08. The maximum atomic E-state index is 8.93. The third-order valence-electron chi connectivity index (χ3n) is 2.39. The van der Waals surface area contributed by atoms with E-state index in [0.717, 1.165) is 0 Å². The Labute approximate surface area is 104 Å². The first-order chi connectivity index (χ1) is 8.74. The largest absolute Gasteiger partial charge is 0.396 e. The summed E-state index contributed by atoms with van der Waals surface area (Å²) in [5.41, 5.74) is 8.35. The second-order valence-corrected chi connectivity index (χ2v) is 3.57. The number of aromatic nitrogens is 1. The van der Waals surface area contributed by atoms with Crippen molar-refractivity contribution < 1.29 is 0 Å². The molecule has 0 amide bonds. The van der Waals surface area contributed by atoms with Crippen LogP contribution in [0.2, 0.25) is 0 Å². The highest BCUT2D eigenvalue weighted by Gasteiger charge is 2.04. The molecule has 1 aromatic carbocycles. The smallest absolute Gasteiger partial charge is 0.101 e. The molecule has 5 nitrogen and oxygen atoms in total. The first-order valence-corrected chi connectivity index (χ1v) is 5.15. The van der Waals surface area contributed by atoms with E-state index in [1.165, 1.54) is 6.20 Å². The van der Waals surface area contributed by atoms with Crippen molar-refractivity contribution in [2.24, 2.45) is 0 Å². The van der Waals surface area contributed by atoms with Gasteiger partial charge in [-0.25, -0.2) is 0 Å². The first kappa shape index (κ1) is 11.4. The van der Waals surface area contributed by atoms with Crippen LogP contribution in [0, 0.1) is 22.7 Å². The van der Waals surface area contributed by atoms with E-state index < -0.39 is 0 Å². The molecule has 0 aliphatic heterocycles. The minimum atomic E-state index is 0.329. The Hall–Kier alpha value is -3.05.